The van der Waals surface area contributed by atoms with E-state index >= 15 is 0 Å². The van der Waals surface area contributed by atoms with E-state index < -0.39 is 5.97 Å². The number of rotatable bonds is 5. The summed E-state index contributed by atoms with van der Waals surface area (Å²) in [5.41, 5.74) is 0.991. The molecule has 1 aliphatic rings. The second kappa shape index (κ2) is 7.81. The first kappa shape index (κ1) is 17.8. The topological polar surface area (TPSA) is 75.6 Å². The molecule has 23 heavy (non-hydrogen) atoms. The predicted molar refractivity (Wildman–Crippen MR) is 90.3 cm³/mol. The van der Waals surface area contributed by atoms with Crippen molar-refractivity contribution in [1.29, 1.82) is 0 Å². The molecule has 0 heterocycles. The highest BCUT2D eigenvalue weighted by Gasteiger charge is 2.30. The minimum atomic E-state index is -0.750. The Balaban J connectivity index is 1.92. The zero-order valence-electron chi connectivity index (χ0n) is 13.3. The second-order valence-electron chi connectivity index (χ2n) is 6.01. The fourth-order valence-corrected chi connectivity index (χ4v) is 3.53. The van der Waals surface area contributed by atoms with Gasteiger partial charge in [-0.1, -0.05) is 6.07 Å². The van der Waals surface area contributed by atoms with E-state index in [1.54, 1.807) is 7.11 Å². The molecule has 2 rings (SSSR count). The monoisotopic (exact) mass is 383 g/mol. The number of nitrogens with one attached hydrogen (secondary N) is 1. The van der Waals surface area contributed by atoms with Gasteiger partial charge in [0, 0.05) is 5.92 Å². The number of aliphatic carboxylic acids is 1. The summed E-state index contributed by atoms with van der Waals surface area (Å²) in [6.45, 7) is 1.94. The van der Waals surface area contributed by atoms with Gasteiger partial charge in [-0.05, 0) is 66.2 Å². The van der Waals surface area contributed by atoms with Crippen molar-refractivity contribution in [1.82, 2.24) is 5.32 Å². The van der Waals surface area contributed by atoms with Crippen LogP contribution in [0.4, 0.5) is 0 Å². The van der Waals surface area contributed by atoms with Gasteiger partial charge >= 0.3 is 5.97 Å². The van der Waals surface area contributed by atoms with E-state index in [0.29, 0.717) is 25.7 Å². The van der Waals surface area contributed by atoms with Crippen LogP contribution in [0.1, 0.15) is 44.2 Å². The Kier molecular flexibility index (Phi) is 6.04. The van der Waals surface area contributed by atoms with Crippen molar-refractivity contribution in [2.75, 3.05) is 7.11 Å². The van der Waals surface area contributed by atoms with Crippen LogP contribution in [0, 0.1) is 11.8 Å². The van der Waals surface area contributed by atoms with E-state index in [9.17, 15) is 9.59 Å². The molecule has 1 atom stereocenters. The van der Waals surface area contributed by atoms with Crippen LogP contribution in [0.25, 0.3) is 0 Å². The molecular weight excluding hydrogens is 362 g/mol. The number of ether oxygens (including phenoxy) is 1. The minimum Gasteiger partial charge on any atom is -0.496 e. The van der Waals surface area contributed by atoms with Crippen LogP contribution < -0.4 is 10.1 Å². The lowest BCUT2D eigenvalue weighted by Gasteiger charge is -2.26. The van der Waals surface area contributed by atoms with Crippen molar-refractivity contribution in [3.63, 3.8) is 0 Å². The minimum absolute atomic E-state index is 0.00767. The Morgan fingerprint density at radius 1 is 1.26 bits per heavy atom. The summed E-state index contributed by atoms with van der Waals surface area (Å²) in [7, 11) is 1.61. The molecular formula is C17H22BrNO4. The standard InChI is InChI=1S/C17H22BrNO4/c1-10(13-7-8-15(23-2)14(18)9-13)19-16(20)11-3-5-12(6-4-11)17(21)22/h7-12H,3-6H2,1-2H3,(H,19,20)(H,21,22). The van der Waals surface area contributed by atoms with Gasteiger partial charge in [0.1, 0.15) is 5.75 Å². The van der Waals surface area contributed by atoms with E-state index in [4.69, 9.17) is 9.84 Å². The number of carbonyl (C=O) groups is 2. The van der Waals surface area contributed by atoms with Crippen LogP contribution in [0.2, 0.25) is 0 Å². The molecule has 0 spiro atoms. The number of methoxy groups -OCH3 is 1. The largest absolute Gasteiger partial charge is 0.496 e. The number of carboxylic acids is 1. The van der Waals surface area contributed by atoms with Crippen LogP contribution in [0.15, 0.2) is 22.7 Å². The molecule has 1 aliphatic carbocycles. The van der Waals surface area contributed by atoms with Gasteiger partial charge in [-0.25, -0.2) is 0 Å². The Bertz CT molecular complexity index is 582. The smallest absolute Gasteiger partial charge is 0.306 e. The lowest BCUT2D eigenvalue weighted by Crippen LogP contribution is -2.35. The van der Waals surface area contributed by atoms with Gasteiger partial charge in [0.05, 0.1) is 23.5 Å². The van der Waals surface area contributed by atoms with Gasteiger partial charge in [-0.3, -0.25) is 9.59 Å². The highest BCUT2D eigenvalue weighted by Crippen LogP contribution is 2.31. The Hall–Kier alpha value is -1.56. The molecule has 2 N–H and O–H groups in total. The lowest BCUT2D eigenvalue weighted by atomic mass is 9.81. The van der Waals surface area contributed by atoms with E-state index in [1.165, 1.54) is 0 Å². The van der Waals surface area contributed by atoms with Crippen LogP contribution in [-0.4, -0.2) is 24.1 Å². The van der Waals surface area contributed by atoms with E-state index in [-0.39, 0.29) is 23.8 Å². The van der Waals surface area contributed by atoms with Crippen LogP contribution in [0.5, 0.6) is 5.75 Å². The summed E-state index contributed by atoms with van der Waals surface area (Å²) in [6, 6.07) is 5.61. The molecule has 0 radical (unpaired) electrons. The van der Waals surface area contributed by atoms with Crippen molar-refractivity contribution in [3.05, 3.63) is 28.2 Å². The van der Waals surface area contributed by atoms with Gasteiger partial charge in [0.15, 0.2) is 0 Å². The molecule has 126 valence electrons. The Labute approximate surface area is 144 Å². The van der Waals surface area contributed by atoms with Gasteiger partial charge < -0.3 is 15.2 Å². The molecule has 0 aliphatic heterocycles. The maximum Gasteiger partial charge on any atom is 0.306 e. The third-order valence-corrected chi connectivity index (χ3v) is 5.10. The Morgan fingerprint density at radius 3 is 2.39 bits per heavy atom. The van der Waals surface area contributed by atoms with Crippen molar-refractivity contribution in [3.8, 4) is 5.75 Å². The SMILES string of the molecule is COc1ccc(C(C)NC(=O)C2CCC(C(=O)O)CC2)cc1Br. The molecule has 1 amide bonds. The molecule has 1 aromatic rings. The maximum absolute atomic E-state index is 12.4. The number of amides is 1. The van der Waals surface area contributed by atoms with E-state index in [2.05, 4.69) is 21.2 Å². The summed E-state index contributed by atoms with van der Waals surface area (Å²) in [5.74, 6) is -0.378. The molecule has 6 heteroatoms. The molecule has 1 saturated carbocycles. The van der Waals surface area contributed by atoms with Crippen LogP contribution >= 0.6 is 15.9 Å². The summed E-state index contributed by atoms with van der Waals surface area (Å²) in [6.07, 6.45) is 2.44. The molecule has 1 aromatic carbocycles. The number of benzene rings is 1. The molecule has 5 nitrogen and oxygen atoms in total. The number of hydrogen-bond acceptors (Lipinski definition) is 3. The quantitative estimate of drug-likeness (QED) is 0.815. The highest BCUT2D eigenvalue weighted by molar-refractivity contribution is 9.10. The van der Waals surface area contributed by atoms with E-state index in [1.807, 2.05) is 25.1 Å². The van der Waals surface area contributed by atoms with Gasteiger partial charge in [0.25, 0.3) is 0 Å². The van der Waals surface area contributed by atoms with Crippen molar-refractivity contribution in [2.24, 2.45) is 11.8 Å². The molecule has 1 unspecified atom stereocenters. The molecule has 0 bridgehead atoms. The van der Waals surface area contributed by atoms with E-state index in [0.717, 1.165) is 15.8 Å². The van der Waals surface area contributed by atoms with Crippen LogP contribution in [-0.2, 0) is 9.59 Å². The van der Waals surface area contributed by atoms with Crippen molar-refractivity contribution < 1.29 is 19.4 Å². The summed E-state index contributed by atoms with van der Waals surface area (Å²) < 4.78 is 6.05. The zero-order chi connectivity index (χ0) is 17.0. The first-order valence-electron chi connectivity index (χ1n) is 7.79. The summed E-state index contributed by atoms with van der Waals surface area (Å²) in [4.78, 5) is 23.3. The predicted octanol–water partition coefficient (Wildman–Crippen LogP) is 3.53. The summed E-state index contributed by atoms with van der Waals surface area (Å²) >= 11 is 3.45. The summed E-state index contributed by atoms with van der Waals surface area (Å²) in [5, 5.41) is 12.0. The lowest BCUT2D eigenvalue weighted by molar-refractivity contribution is -0.144. The average molecular weight is 384 g/mol. The normalized spacial score (nSPS) is 22.2. The molecule has 0 saturated heterocycles. The van der Waals surface area contributed by atoms with Crippen molar-refractivity contribution >= 4 is 27.8 Å². The molecule has 1 fully saturated rings. The van der Waals surface area contributed by atoms with Crippen LogP contribution in [0.3, 0.4) is 0 Å². The number of hydrogen-bond donors (Lipinski definition) is 2. The fraction of sp³-hybridized carbons (Fsp3) is 0.529. The maximum atomic E-state index is 12.4. The second-order valence-corrected chi connectivity index (χ2v) is 6.87. The van der Waals surface area contributed by atoms with Gasteiger partial charge in [0.2, 0.25) is 5.91 Å². The third kappa shape index (κ3) is 4.47. The third-order valence-electron chi connectivity index (χ3n) is 4.48. The Morgan fingerprint density at radius 2 is 1.87 bits per heavy atom. The zero-order valence-corrected chi connectivity index (χ0v) is 14.9. The van der Waals surface area contributed by atoms with Crippen molar-refractivity contribution in [2.45, 2.75) is 38.6 Å². The fourth-order valence-electron chi connectivity index (χ4n) is 2.97. The number of carbonyl (C=O) groups excluding carboxylic acids is 1. The first-order chi connectivity index (χ1) is 10.9. The number of halogens is 1. The van der Waals surface area contributed by atoms with Gasteiger partial charge in [-0.2, -0.15) is 0 Å². The average Bonchev–Trinajstić information content (AvgIpc) is 2.54. The number of carboxylic acid groups (broad SMARTS) is 1. The highest BCUT2D eigenvalue weighted by atomic mass is 79.9. The molecule has 0 aromatic heterocycles. The first-order valence-corrected chi connectivity index (χ1v) is 8.58. The van der Waals surface area contributed by atoms with Gasteiger partial charge in [-0.15, -0.1) is 0 Å².